The van der Waals surface area contributed by atoms with Gasteiger partial charge < -0.3 is 23.9 Å². The number of ether oxygens (including phenoxy) is 2. The van der Waals surface area contributed by atoms with Gasteiger partial charge in [-0.15, -0.1) is 0 Å². The molecule has 3 rings (SSSR count). The maximum Gasteiger partial charge on any atom is 0.490 e. The summed E-state index contributed by atoms with van der Waals surface area (Å²) in [6.07, 6.45) is 0.851. The SMILES string of the molecule is CN(C)C(=O)COCCC1CCOC12CCN(Cc1ccco1)CC2.O=C(O)C(F)(F)F. The van der Waals surface area contributed by atoms with Crippen molar-refractivity contribution in [3.8, 4) is 0 Å². The van der Waals surface area contributed by atoms with Crippen LogP contribution in [0.1, 0.15) is 31.4 Å². The molecule has 182 valence electrons. The van der Waals surface area contributed by atoms with Crippen molar-refractivity contribution in [2.45, 2.75) is 44.0 Å². The Morgan fingerprint density at radius 3 is 2.50 bits per heavy atom. The van der Waals surface area contributed by atoms with Gasteiger partial charge >= 0.3 is 12.1 Å². The molecular weight excluding hydrogens is 433 g/mol. The van der Waals surface area contributed by atoms with Gasteiger partial charge in [-0.3, -0.25) is 9.69 Å². The van der Waals surface area contributed by atoms with Gasteiger partial charge in [-0.1, -0.05) is 0 Å². The fraction of sp³-hybridized carbons (Fsp3) is 0.714. The molecule has 2 aliphatic rings. The average Bonchev–Trinajstić information content (AvgIpc) is 3.37. The summed E-state index contributed by atoms with van der Waals surface area (Å²) in [5.74, 6) is -1.18. The summed E-state index contributed by atoms with van der Waals surface area (Å²) in [5.41, 5.74) is 0.00851. The number of hydrogen-bond donors (Lipinski definition) is 1. The molecule has 2 saturated heterocycles. The Kier molecular flexibility index (Phi) is 9.53. The van der Waals surface area contributed by atoms with Crippen molar-refractivity contribution in [2.75, 3.05) is 47.0 Å². The Labute approximate surface area is 185 Å². The number of hydrogen-bond acceptors (Lipinski definition) is 6. The summed E-state index contributed by atoms with van der Waals surface area (Å²) in [6, 6.07) is 3.98. The summed E-state index contributed by atoms with van der Waals surface area (Å²) in [7, 11) is 3.50. The first-order chi connectivity index (χ1) is 15.0. The van der Waals surface area contributed by atoms with Gasteiger partial charge in [-0.2, -0.15) is 13.2 Å². The van der Waals surface area contributed by atoms with E-state index in [0.717, 1.165) is 57.7 Å². The number of carboxylic acids is 1. The molecule has 1 N–H and O–H groups in total. The van der Waals surface area contributed by atoms with Crippen LogP contribution in [0.25, 0.3) is 0 Å². The van der Waals surface area contributed by atoms with E-state index in [1.165, 1.54) is 0 Å². The zero-order valence-corrected chi connectivity index (χ0v) is 18.4. The summed E-state index contributed by atoms with van der Waals surface area (Å²) < 4.78 is 49.0. The first-order valence-corrected chi connectivity index (χ1v) is 10.5. The van der Waals surface area contributed by atoms with Crippen molar-refractivity contribution in [3.05, 3.63) is 24.2 Å². The smallest absolute Gasteiger partial charge is 0.475 e. The van der Waals surface area contributed by atoms with Gasteiger partial charge in [0.1, 0.15) is 12.4 Å². The van der Waals surface area contributed by atoms with Crippen molar-refractivity contribution < 1.29 is 41.8 Å². The predicted molar refractivity (Wildman–Crippen MR) is 108 cm³/mol. The summed E-state index contributed by atoms with van der Waals surface area (Å²) in [6.45, 7) is 4.60. The molecule has 8 nitrogen and oxygen atoms in total. The molecule has 0 aromatic carbocycles. The fourth-order valence-electron chi connectivity index (χ4n) is 3.97. The van der Waals surface area contributed by atoms with Crippen molar-refractivity contribution in [1.82, 2.24) is 9.80 Å². The first kappa shape index (κ1) is 26.1. The molecule has 0 saturated carbocycles. The molecule has 1 amide bonds. The monoisotopic (exact) mass is 464 g/mol. The van der Waals surface area contributed by atoms with E-state index in [-0.39, 0.29) is 18.1 Å². The molecule has 0 radical (unpaired) electrons. The number of amides is 1. The second kappa shape index (κ2) is 11.7. The summed E-state index contributed by atoms with van der Waals surface area (Å²) in [5, 5.41) is 7.12. The minimum Gasteiger partial charge on any atom is -0.475 e. The van der Waals surface area contributed by atoms with Gasteiger partial charge in [0.25, 0.3) is 0 Å². The molecule has 1 atom stereocenters. The maximum absolute atomic E-state index is 11.6. The molecule has 1 unspecified atom stereocenters. The highest BCUT2D eigenvalue weighted by atomic mass is 19.4. The lowest BCUT2D eigenvalue weighted by molar-refractivity contribution is -0.192. The largest absolute Gasteiger partial charge is 0.490 e. The molecular formula is C21H31F3N2O6. The van der Waals surface area contributed by atoms with Crippen molar-refractivity contribution >= 4 is 11.9 Å². The second-order valence-electron chi connectivity index (χ2n) is 8.19. The van der Waals surface area contributed by atoms with E-state index in [1.807, 2.05) is 12.1 Å². The molecule has 32 heavy (non-hydrogen) atoms. The zero-order valence-electron chi connectivity index (χ0n) is 18.4. The topological polar surface area (TPSA) is 92.5 Å². The molecule has 0 aliphatic carbocycles. The van der Waals surface area contributed by atoms with E-state index in [2.05, 4.69) is 4.90 Å². The number of likely N-dealkylation sites (tertiary alicyclic amines) is 1. The average molecular weight is 464 g/mol. The van der Waals surface area contributed by atoms with Crippen LogP contribution in [-0.4, -0.2) is 85.6 Å². The minimum atomic E-state index is -5.08. The third kappa shape index (κ3) is 7.79. The number of halogens is 3. The second-order valence-corrected chi connectivity index (χ2v) is 8.19. The third-order valence-electron chi connectivity index (χ3n) is 5.84. The van der Waals surface area contributed by atoms with Gasteiger partial charge in [-0.25, -0.2) is 4.79 Å². The number of furan rings is 1. The summed E-state index contributed by atoms with van der Waals surface area (Å²) in [4.78, 5) is 24.5. The molecule has 3 heterocycles. The third-order valence-corrected chi connectivity index (χ3v) is 5.84. The lowest BCUT2D eigenvalue weighted by Crippen LogP contribution is -2.47. The highest BCUT2D eigenvalue weighted by molar-refractivity contribution is 5.76. The van der Waals surface area contributed by atoms with E-state index in [4.69, 9.17) is 23.8 Å². The van der Waals surface area contributed by atoms with Crippen LogP contribution in [0.2, 0.25) is 0 Å². The number of likely N-dealkylation sites (N-methyl/N-ethyl adjacent to an activating group) is 1. The van der Waals surface area contributed by atoms with Crippen LogP contribution >= 0.6 is 0 Å². The number of carbonyl (C=O) groups is 2. The Bertz CT molecular complexity index is 716. The van der Waals surface area contributed by atoms with Gasteiger partial charge in [0.15, 0.2) is 0 Å². The van der Waals surface area contributed by atoms with Crippen LogP contribution in [0, 0.1) is 5.92 Å². The van der Waals surface area contributed by atoms with Gasteiger partial charge in [-0.05, 0) is 43.7 Å². The van der Waals surface area contributed by atoms with Crippen LogP contribution in [0.4, 0.5) is 13.2 Å². The van der Waals surface area contributed by atoms with Crippen LogP contribution in [-0.2, 0) is 25.6 Å². The van der Waals surface area contributed by atoms with Crippen molar-refractivity contribution in [3.63, 3.8) is 0 Å². The number of alkyl halides is 3. The van der Waals surface area contributed by atoms with Gasteiger partial charge in [0.2, 0.25) is 5.91 Å². The zero-order chi connectivity index (χ0) is 23.8. The molecule has 11 heteroatoms. The standard InChI is InChI=1S/C19H30N2O4.C2HF3O2/c1-20(2)18(22)15-23-12-5-16-6-13-25-19(16)7-9-21(10-8-19)14-17-4-3-11-24-17;3-2(4,5)1(6)7/h3-4,11,16H,5-10,12-15H2,1-2H3;(H,6,7). The number of nitrogens with zero attached hydrogens (tertiary/aromatic N) is 2. The van der Waals surface area contributed by atoms with Crippen LogP contribution in [0.5, 0.6) is 0 Å². The Morgan fingerprint density at radius 1 is 1.31 bits per heavy atom. The van der Waals surface area contributed by atoms with Gasteiger partial charge in [0.05, 0.1) is 18.4 Å². The molecule has 1 spiro atoms. The fourth-order valence-corrected chi connectivity index (χ4v) is 3.97. The number of piperidine rings is 1. The maximum atomic E-state index is 11.6. The van der Waals surface area contributed by atoms with Crippen molar-refractivity contribution in [2.24, 2.45) is 5.92 Å². The highest BCUT2D eigenvalue weighted by Gasteiger charge is 2.45. The highest BCUT2D eigenvalue weighted by Crippen LogP contribution is 2.42. The molecule has 0 bridgehead atoms. The van der Waals surface area contributed by atoms with Crippen molar-refractivity contribution in [1.29, 1.82) is 0 Å². The molecule has 2 aliphatic heterocycles. The first-order valence-electron chi connectivity index (χ1n) is 10.5. The van der Waals surface area contributed by atoms with Crippen LogP contribution in [0.3, 0.4) is 0 Å². The van der Waals surface area contributed by atoms with E-state index in [1.54, 1.807) is 25.3 Å². The predicted octanol–water partition coefficient (Wildman–Crippen LogP) is 2.78. The Balaban J connectivity index is 0.000000451. The van der Waals surface area contributed by atoms with E-state index in [9.17, 15) is 18.0 Å². The minimum absolute atomic E-state index is 0.00851. The van der Waals surface area contributed by atoms with E-state index < -0.39 is 12.1 Å². The number of aliphatic carboxylic acids is 1. The van der Waals surface area contributed by atoms with Crippen LogP contribution in [0.15, 0.2) is 22.8 Å². The quantitative estimate of drug-likeness (QED) is 0.621. The lowest BCUT2D eigenvalue weighted by Gasteiger charge is -2.42. The van der Waals surface area contributed by atoms with E-state index >= 15 is 0 Å². The Morgan fingerprint density at radius 2 is 1.97 bits per heavy atom. The summed E-state index contributed by atoms with van der Waals surface area (Å²) >= 11 is 0. The molecule has 1 aromatic heterocycles. The number of carboxylic acid groups (broad SMARTS) is 1. The molecule has 2 fully saturated rings. The van der Waals surface area contributed by atoms with Crippen LogP contribution < -0.4 is 0 Å². The lowest BCUT2D eigenvalue weighted by atomic mass is 9.78. The number of carbonyl (C=O) groups excluding carboxylic acids is 1. The van der Waals surface area contributed by atoms with E-state index in [0.29, 0.717) is 12.5 Å². The van der Waals surface area contributed by atoms with Gasteiger partial charge in [0, 0.05) is 40.4 Å². The Hall–Kier alpha value is -2.11. The number of rotatable bonds is 7. The molecule has 1 aromatic rings. The normalized spacial score (nSPS) is 20.6.